The predicted molar refractivity (Wildman–Crippen MR) is 148 cm³/mol. The van der Waals surface area contributed by atoms with Gasteiger partial charge in [-0.2, -0.15) is 0 Å². The van der Waals surface area contributed by atoms with Crippen LogP contribution in [0.1, 0.15) is 43.2 Å². The molecule has 4 amide bonds. The molecule has 6 N–H and O–H groups in total. The van der Waals surface area contributed by atoms with Crippen LogP contribution in [0.2, 0.25) is 0 Å². The van der Waals surface area contributed by atoms with Gasteiger partial charge in [-0.3, -0.25) is 29.7 Å². The van der Waals surface area contributed by atoms with Crippen molar-refractivity contribution in [3.05, 3.63) is 71.8 Å². The van der Waals surface area contributed by atoms with E-state index in [9.17, 15) is 24.3 Å². The monoisotopic (exact) mass is 553 g/mol. The molecule has 11 heteroatoms. The molecule has 1 aliphatic heterocycles. The van der Waals surface area contributed by atoms with Crippen LogP contribution < -0.4 is 21.4 Å². The van der Waals surface area contributed by atoms with Gasteiger partial charge < -0.3 is 20.6 Å². The molecule has 1 aliphatic rings. The molecule has 0 radical (unpaired) electrons. The summed E-state index contributed by atoms with van der Waals surface area (Å²) < 4.78 is 0. The summed E-state index contributed by atoms with van der Waals surface area (Å²) in [4.78, 5) is 52.4. The maximum Gasteiger partial charge on any atom is 0.245 e. The highest BCUT2D eigenvalue weighted by Crippen LogP contribution is 2.13. The minimum Gasteiger partial charge on any atom is -0.376 e. The lowest BCUT2D eigenvalue weighted by molar-refractivity contribution is -0.139. The Balaban J connectivity index is 1.81. The molecule has 1 unspecified atom stereocenters. The van der Waals surface area contributed by atoms with E-state index in [4.69, 9.17) is 5.21 Å². The molecule has 1 heterocycles. The third-order valence-corrected chi connectivity index (χ3v) is 6.90. The molecular weight excluding hydrogens is 514 g/mol. The summed E-state index contributed by atoms with van der Waals surface area (Å²) in [5.41, 5.74) is 3.31. The van der Waals surface area contributed by atoms with Crippen LogP contribution in [0.5, 0.6) is 0 Å². The van der Waals surface area contributed by atoms with Crippen molar-refractivity contribution in [1.82, 2.24) is 26.3 Å². The largest absolute Gasteiger partial charge is 0.376 e. The predicted octanol–water partition coefficient (Wildman–Crippen LogP) is 0.646. The molecule has 0 bridgehead atoms. The van der Waals surface area contributed by atoms with Gasteiger partial charge in [0.25, 0.3) is 0 Å². The number of hydrogen-bond donors (Lipinski definition) is 6. The van der Waals surface area contributed by atoms with E-state index < -0.39 is 48.0 Å². The standard InChI is InChI=1S/C29H39N5O6/c1-34-19-26(36)30-22(15-9-4-10-16-25(35)33-40)27(37)31-23(17-20-11-5-2-6-12-20)28(38)32-24(29(34)39)18-21-13-7-3-8-14-21/h2-3,5-8,11-14,22-24,27,31,37,40H,4,9-10,15-19H2,1H3,(H,30,36)(H,32,38)(H,33,35)/t22-,23-,24-,27?/m0/s1. The number of rotatable bonds is 10. The van der Waals surface area contributed by atoms with Crippen LogP contribution in [-0.4, -0.2) is 76.8 Å². The average molecular weight is 554 g/mol. The van der Waals surface area contributed by atoms with Gasteiger partial charge in [0.2, 0.25) is 23.6 Å². The summed E-state index contributed by atoms with van der Waals surface area (Å²) in [6.45, 7) is -0.243. The molecule has 2 aromatic carbocycles. The maximum absolute atomic E-state index is 13.6. The van der Waals surface area contributed by atoms with Gasteiger partial charge in [-0.1, -0.05) is 73.5 Å². The van der Waals surface area contributed by atoms with E-state index in [1.165, 1.54) is 11.9 Å². The lowest BCUT2D eigenvalue weighted by Crippen LogP contribution is -2.61. The van der Waals surface area contributed by atoms with Crippen molar-refractivity contribution in [2.75, 3.05) is 13.6 Å². The van der Waals surface area contributed by atoms with E-state index in [-0.39, 0.29) is 25.8 Å². The minimum atomic E-state index is -1.25. The quantitative estimate of drug-likeness (QED) is 0.143. The third kappa shape index (κ3) is 9.74. The molecule has 216 valence electrons. The fourth-order valence-electron chi connectivity index (χ4n) is 4.72. The summed E-state index contributed by atoms with van der Waals surface area (Å²) in [5, 5.41) is 28.5. The van der Waals surface area contributed by atoms with E-state index in [1.54, 1.807) is 5.48 Å². The summed E-state index contributed by atoms with van der Waals surface area (Å²) in [7, 11) is 1.51. The first-order chi connectivity index (χ1) is 19.3. The number of nitrogens with one attached hydrogen (secondary N) is 4. The Morgan fingerprint density at radius 3 is 2.10 bits per heavy atom. The van der Waals surface area contributed by atoms with E-state index in [0.717, 1.165) is 11.1 Å². The van der Waals surface area contributed by atoms with Crippen molar-refractivity contribution in [2.24, 2.45) is 0 Å². The Kier molecular flexibility index (Phi) is 12.1. The SMILES string of the molecule is CN1CC(=O)N[C@@H](CCCCCC(=O)NO)C(O)N[C@@H](Cc2ccccc2)C(=O)N[C@@H](Cc2ccccc2)C1=O. The molecule has 0 aromatic heterocycles. The molecule has 1 saturated heterocycles. The summed E-state index contributed by atoms with van der Waals surface area (Å²) in [6, 6.07) is 16.1. The first kappa shape index (κ1) is 30.7. The summed E-state index contributed by atoms with van der Waals surface area (Å²) >= 11 is 0. The summed E-state index contributed by atoms with van der Waals surface area (Å²) in [5.74, 6) is -1.75. The molecule has 3 rings (SSSR count). The molecule has 0 spiro atoms. The zero-order valence-corrected chi connectivity index (χ0v) is 22.7. The van der Waals surface area contributed by atoms with Crippen LogP contribution in [0, 0.1) is 0 Å². The first-order valence-corrected chi connectivity index (χ1v) is 13.6. The normalized spacial score (nSPS) is 22.5. The first-order valence-electron chi connectivity index (χ1n) is 13.6. The molecule has 11 nitrogen and oxygen atoms in total. The van der Waals surface area contributed by atoms with Crippen molar-refractivity contribution in [1.29, 1.82) is 0 Å². The van der Waals surface area contributed by atoms with Crippen molar-refractivity contribution < 1.29 is 29.5 Å². The molecule has 40 heavy (non-hydrogen) atoms. The number of carbonyl (C=O) groups excluding carboxylic acids is 4. The van der Waals surface area contributed by atoms with Crippen molar-refractivity contribution in [3.63, 3.8) is 0 Å². The lowest BCUT2D eigenvalue weighted by Gasteiger charge is -2.32. The highest BCUT2D eigenvalue weighted by Gasteiger charge is 2.33. The number of aliphatic hydroxyl groups is 1. The second-order valence-electron chi connectivity index (χ2n) is 10.1. The third-order valence-electron chi connectivity index (χ3n) is 6.90. The fourth-order valence-corrected chi connectivity index (χ4v) is 4.72. The van der Waals surface area contributed by atoms with Crippen LogP contribution in [0.4, 0.5) is 0 Å². The van der Waals surface area contributed by atoms with Gasteiger partial charge in [0.15, 0.2) is 0 Å². The van der Waals surface area contributed by atoms with E-state index in [1.807, 2.05) is 60.7 Å². The van der Waals surface area contributed by atoms with Gasteiger partial charge in [-0.05, 0) is 30.4 Å². The van der Waals surface area contributed by atoms with Crippen molar-refractivity contribution >= 4 is 23.6 Å². The second-order valence-corrected chi connectivity index (χ2v) is 10.1. The number of benzene rings is 2. The van der Waals surface area contributed by atoms with Gasteiger partial charge in [0.05, 0.1) is 18.6 Å². The number of amides is 4. The molecule has 2 aromatic rings. The Morgan fingerprint density at radius 1 is 0.900 bits per heavy atom. The highest BCUT2D eigenvalue weighted by atomic mass is 16.5. The van der Waals surface area contributed by atoms with Crippen LogP contribution in [0.25, 0.3) is 0 Å². The number of hydroxylamine groups is 1. The van der Waals surface area contributed by atoms with Gasteiger partial charge in [-0.15, -0.1) is 0 Å². The number of nitrogens with zero attached hydrogens (tertiary/aromatic N) is 1. The topological polar surface area (TPSA) is 160 Å². The number of carbonyl (C=O) groups is 4. The van der Waals surface area contributed by atoms with Crippen molar-refractivity contribution in [2.45, 2.75) is 69.3 Å². The molecule has 4 atom stereocenters. The second kappa shape index (κ2) is 15.7. The number of likely N-dealkylation sites (N-methyl/N-ethyl adjacent to an activating group) is 1. The highest BCUT2D eigenvalue weighted by molar-refractivity contribution is 5.92. The number of aliphatic hydroxyl groups excluding tert-OH is 1. The maximum atomic E-state index is 13.6. The molecule has 0 aliphatic carbocycles. The smallest absolute Gasteiger partial charge is 0.245 e. The van der Waals surface area contributed by atoms with E-state index in [0.29, 0.717) is 25.7 Å². The number of unbranched alkanes of at least 4 members (excludes halogenated alkanes) is 2. The van der Waals surface area contributed by atoms with Crippen LogP contribution in [-0.2, 0) is 32.0 Å². The number of hydrogen-bond acceptors (Lipinski definition) is 7. The van der Waals surface area contributed by atoms with Crippen LogP contribution >= 0.6 is 0 Å². The summed E-state index contributed by atoms with van der Waals surface area (Å²) in [6.07, 6.45) is 1.50. The van der Waals surface area contributed by atoms with E-state index >= 15 is 0 Å². The zero-order valence-electron chi connectivity index (χ0n) is 22.7. The van der Waals surface area contributed by atoms with E-state index in [2.05, 4.69) is 16.0 Å². The Hall–Kier alpha value is -3.80. The van der Waals surface area contributed by atoms with Crippen LogP contribution in [0.15, 0.2) is 60.7 Å². The molecular formula is C29H39N5O6. The van der Waals surface area contributed by atoms with Gasteiger partial charge in [0.1, 0.15) is 12.3 Å². The minimum absolute atomic E-state index is 0.157. The Bertz CT molecular complexity index is 1120. The molecule has 1 fully saturated rings. The van der Waals surface area contributed by atoms with Crippen molar-refractivity contribution in [3.8, 4) is 0 Å². The molecule has 0 saturated carbocycles. The lowest BCUT2D eigenvalue weighted by atomic mass is 10.0. The van der Waals surface area contributed by atoms with Gasteiger partial charge in [0, 0.05) is 19.9 Å². The average Bonchev–Trinajstić information content (AvgIpc) is 2.95. The van der Waals surface area contributed by atoms with Gasteiger partial charge >= 0.3 is 0 Å². The Morgan fingerprint density at radius 2 is 1.50 bits per heavy atom. The zero-order chi connectivity index (χ0) is 28.9. The van der Waals surface area contributed by atoms with Crippen LogP contribution in [0.3, 0.4) is 0 Å². The fraction of sp³-hybridized carbons (Fsp3) is 0.448. The Labute approximate surface area is 234 Å². The van der Waals surface area contributed by atoms with Gasteiger partial charge in [-0.25, -0.2) is 5.48 Å².